The van der Waals surface area contributed by atoms with E-state index in [1.807, 2.05) is 0 Å². The zero-order valence-electron chi connectivity index (χ0n) is 11.1. The number of hydrogen-bond donors (Lipinski definition) is 2. The Kier molecular flexibility index (Phi) is 5.73. The van der Waals surface area contributed by atoms with Gasteiger partial charge in [0, 0.05) is 13.2 Å². The Labute approximate surface area is 100 Å². The number of ether oxygens (including phenoxy) is 1. The van der Waals surface area contributed by atoms with Crippen LogP contribution in [0.25, 0.3) is 0 Å². The highest BCUT2D eigenvalue weighted by Crippen LogP contribution is 2.23. The highest BCUT2D eigenvalue weighted by atomic mass is 16.5. The summed E-state index contributed by atoms with van der Waals surface area (Å²) in [5, 5.41) is 3.54. The van der Waals surface area contributed by atoms with E-state index >= 15 is 0 Å². The number of nitrogens with two attached hydrogens (primary N) is 1. The molecule has 2 atom stereocenters. The Morgan fingerprint density at radius 2 is 2.19 bits per heavy atom. The first-order valence-corrected chi connectivity index (χ1v) is 6.50. The molecule has 0 aromatic heterocycles. The number of nitrogens with one attached hydrogen (secondary N) is 1. The Bertz CT molecular complexity index is 183. The van der Waals surface area contributed by atoms with Gasteiger partial charge in [0.2, 0.25) is 0 Å². The number of rotatable bonds is 6. The largest absolute Gasteiger partial charge is 0.381 e. The zero-order chi connectivity index (χ0) is 12.0. The minimum absolute atomic E-state index is 0.377. The van der Waals surface area contributed by atoms with Gasteiger partial charge in [0.25, 0.3) is 0 Å². The second kappa shape index (κ2) is 6.58. The zero-order valence-corrected chi connectivity index (χ0v) is 11.1. The second-order valence-corrected chi connectivity index (χ2v) is 6.25. The van der Waals surface area contributed by atoms with Gasteiger partial charge in [-0.2, -0.15) is 0 Å². The van der Waals surface area contributed by atoms with E-state index in [1.165, 1.54) is 12.8 Å². The summed E-state index contributed by atoms with van der Waals surface area (Å²) in [5.41, 5.74) is 6.19. The molecule has 3 N–H and O–H groups in total. The summed E-state index contributed by atoms with van der Waals surface area (Å²) in [7, 11) is 0. The van der Waals surface area contributed by atoms with Gasteiger partial charge in [-0.3, -0.25) is 0 Å². The first-order chi connectivity index (χ1) is 7.51. The third-order valence-electron chi connectivity index (χ3n) is 3.12. The molecule has 0 aliphatic carbocycles. The van der Waals surface area contributed by atoms with Crippen molar-refractivity contribution in [3.63, 3.8) is 0 Å². The van der Waals surface area contributed by atoms with E-state index in [2.05, 4.69) is 26.1 Å². The van der Waals surface area contributed by atoms with Gasteiger partial charge in [0.05, 0.1) is 6.61 Å². The summed E-state index contributed by atoms with van der Waals surface area (Å²) in [5.74, 6) is 1.32. The average molecular weight is 228 g/mol. The van der Waals surface area contributed by atoms with Crippen LogP contribution in [0.2, 0.25) is 0 Å². The average Bonchev–Trinajstić information content (AvgIpc) is 2.67. The second-order valence-electron chi connectivity index (χ2n) is 6.25. The van der Waals surface area contributed by atoms with Gasteiger partial charge in [0.15, 0.2) is 0 Å². The van der Waals surface area contributed by atoms with Crippen molar-refractivity contribution >= 4 is 0 Å². The third-order valence-corrected chi connectivity index (χ3v) is 3.12. The molecule has 1 aliphatic rings. The topological polar surface area (TPSA) is 47.3 Å². The van der Waals surface area contributed by atoms with Crippen LogP contribution in [0.3, 0.4) is 0 Å². The van der Waals surface area contributed by atoms with Crippen LogP contribution in [-0.2, 0) is 4.74 Å². The molecule has 1 aliphatic heterocycles. The predicted molar refractivity (Wildman–Crippen MR) is 68.4 cm³/mol. The maximum absolute atomic E-state index is 5.81. The van der Waals surface area contributed by atoms with Gasteiger partial charge in [-0.05, 0) is 43.2 Å². The Hall–Kier alpha value is -0.120. The molecule has 0 amide bonds. The summed E-state index contributed by atoms with van der Waals surface area (Å²) in [6.45, 7) is 11.6. The molecule has 0 saturated carbocycles. The van der Waals surface area contributed by atoms with Crippen molar-refractivity contribution < 1.29 is 4.74 Å². The highest BCUT2D eigenvalue weighted by Gasteiger charge is 2.19. The molecule has 16 heavy (non-hydrogen) atoms. The van der Waals surface area contributed by atoms with Crippen LogP contribution in [0.1, 0.15) is 33.6 Å². The summed E-state index contributed by atoms with van der Waals surface area (Å²) in [6, 6.07) is 0. The molecule has 0 bridgehead atoms. The molecule has 1 saturated heterocycles. The molecule has 1 heterocycles. The minimum Gasteiger partial charge on any atom is -0.381 e. The molecule has 0 spiro atoms. The predicted octanol–water partition coefficient (Wildman–Crippen LogP) is 1.62. The molecule has 1 rings (SSSR count). The maximum Gasteiger partial charge on any atom is 0.0507 e. The monoisotopic (exact) mass is 228 g/mol. The Balaban J connectivity index is 2.13. The lowest BCUT2D eigenvalue weighted by Gasteiger charge is -2.25. The van der Waals surface area contributed by atoms with Crippen molar-refractivity contribution in [1.29, 1.82) is 0 Å². The SMILES string of the molecule is CC(C)(C)CC(CN)CNCC1CCOC1. The van der Waals surface area contributed by atoms with Crippen LogP contribution >= 0.6 is 0 Å². The van der Waals surface area contributed by atoms with Crippen LogP contribution in [0.15, 0.2) is 0 Å². The lowest BCUT2D eigenvalue weighted by atomic mass is 9.84. The van der Waals surface area contributed by atoms with Crippen molar-refractivity contribution in [3.8, 4) is 0 Å². The third kappa shape index (κ3) is 5.83. The Morgan fingerprint density at radius 1 is 1.44 bits per heavy atom. The van der Waals surface area contributed by atoms with Crippen LogP contribution in [0.4, 0.5) is 0 Å². The van der Waals surface area contributed by atoms with Crippen molar-refractivity contribution in [3.05, 3.63) is 0 Å². The van der Waals surface area contributed by atoms with Crippen molar-refractivity contribution in [2.45, 2.75) is 33.6 Å². The summed E-state index contributed by atoms with van der Waals surface area (Å²) in [6.07, 6.45) is 2.40. The normalized spacial score (nSPS) is 23.6. The van der Waals surface area contributed by atoms with Crippen molar-refractivity contribution in [1.82, 2.24) is 5.32 Å². The standard InChI is InChI=1S/C13H28N2O/c1-13(2,3)6-12(7-14)9-15-8-11-4-5-16-10-11/h11-12,15H,4-10,14H2,1-3H3. The maximum atomic E-state index is 5.81. The van der Waals surface area contributed by atoms with E-state index in [9.17, 15) is 0 Å². The molecule has 1 fully saturated rings. The van der Waals surface area contributed by atoms with E-state index < -0.39 is 0 Å². The fourth-order valence-electron chi connectivity index (χ4n) is 2.34. The van der Waals surface area contributed by atoms with E-state index in [0.717, 1.165) is 32.8 Å². The Morgan fingerprint density at radius 3 is 2.69 bits per heavy atom. The van der Waals surface area contributed by atoms with Gasteiger partial charge in [-0.15, -0.1) is 0 Å². The summed E-state index contributed by atoms with van der Waals surface area (Å²) >= 11 is 0. The van der Waals surface area contributed by atoms with Crippen LogP contribution in [0, 0.1) is 17.3 Å². The fourth-order valence-corrected chi connectivity index (χ4v) is 2.34. The summed E-state index contributed by atoms with van der Waals surface area (Å²) in [4.78, 5) is 0. The molecule has 0 radical (unpaired) electrons. The van der Waals surface area contributed by atoms with Gasteiger partial charge in [0.1, 0.15) is 0 Å². The fraction of sp³-hybridized carbons (Fsp3) is 1.00. The van der Waals surface area contributed by atoms with Gasteiger partial charge < -0.3 is 15.8 Å². The highest BCUT2D eigenvalue weighted by molar-refractivity contribution is 4.73. The minimum atomic E-state index is 0.377. The smallest absolute Gasteiger partial charge is 0.0507 e. The van der Waals surface area contributed by atoms with Crippen LogP contribution in [-0.4, -0.2) is 32.8 Å². The van der Waals surface area contributed by atoms with E-state index in [0.29, 0.717) is 17.3 Å². The first-order valence-electron chi connectivity index (χ1n) is 6.50. The van der Waals surface area contributed by atoms with E-state index in [1.54, 1.807) is 0 Å². The molecule has 0 aromatic rings. The molecule has 2 unspecified atom stereocenters. The van der Waals surface area contributed by atoms with Crippen molar-refractivity contribution in [2.24, 2.45) is 23.0 Å². The van der Waals surface area contributed by atoms with E-state index in [-0.39, 0.29) is 0 Å². The molecule has 3 heteroatoms. The summed E-state index contributed by atoms with van der Waals surface area (Å²) < 4.78 is 5.36. The van der Waals surface area contributed by atoms with Gasteiger partial charge in [-0.1, -0.05) is 20.8 Å². The molecule has 3 nitrogen and oxygen atoms in total. The van der Waals surface area contributed by atoms with Crippen LogP contribution < -0.4 is 11.1 Å². The van der Waals surface area contributed by atoms with Gasteiger partial charge >= 0.3 is 0 Å². The van der Waals surface area contributed by atoms with E-state index in [4.69, 9.17) is 10.5 Å². The lowest BCUT2D eigenvalue weighted by Crippen LogP contribution is -2.33. The van der Waals surface area contributed by atoms with Crippen molar-refractivity contribution in [2.75, 3.05) is 32.8 Å². The van der Waals surface area contributed by atoms with Gasteiger partial charge in [-0.25, -0.2) is 0 Å². The lowest BCUT2D eigenvalue weighted by molar-refractivity contribution is 0.184. The quantitative estimate of drug-likeness (QED) is 0.726. The molecular formula is C13H28N2O. The molecular weight excluding hydrogens is 200 g/mol. The first kappa shape index (κ1) is 13.9. The molecule has 0 aromatic carbocycles. The number of hydrogen-bond acceptors (Lipinski definition) is 3. The van der Waals surface area contributed by atoms with Crippen LogP contribution in [0.5, 0.6) is 0 Å². The molecule has 96 valence electrons.